The first-order valence-electron chi connectivity index (χ1n) is 23.9. The van der Waals surface area contributed by atoms with Gasteiger partial charge >= 0.3 is 5.97 Å². The predicted molar refractivity (Wildman–Crippen MR) is 282 cm³/mol. The summed E-state index contributed by atoms with van der Waals surface area (Å²) in [5.41, 5.74) is 14.5. The van der Waals surface area contributed by atoms with Crippen molar-refractivity contribution < 1.29 is 9.53 Å². The van der Waals surface area contributed by atoms with Crippen LogP contribution in [-0.4, -0.2) is 21.6 Å². The summed E-state index contributed by atoms with van der Waals surface area (Å²) in [5.74, 6) is -0.0692. The molecule has 3 aliphatic heterocycles. The Hall–Kier alpha value is -7.83. The number of benzene rings is 6. The highest BCUT2D eigenvalue weighted by Crippen LogP contribution is 2.43. The topological polar surface area (TPSA) is 82.6 Å². The molecule has 0 spiro atoms. The first-order valence-corrected chi connectivity index (χ1v) is 23.9. The Morgan fingerprint density at radius 1 is 0.493 bits per heavy atom. The smallest absolute Gasteiger partial charge is 0.343 e. The minimum absolute atomic E-state index is 0.0115. The summed E-state index contributed by atoms with van der Waals surface area (Å²) >= 11 is 0. The van der Waals surface area contributed by atoms with Gasteiger partial charge in [0.15, 0.2) is 5.76 Å². The van der Waals surface area contributed by atoms with E-state index in [9.17, 15) is 4.79 Å². The third-order valence-electron chi connectivity index (χ3n) is 13.7. The van der Waals surface area contributed by atoms with Crippen LogP contribution in [0.15, 0.2) is 179 Å². The lowest BCUT2D eigenvalue weighted by Gasteiger charge is -2.21. The molecule has 6 nitrogen and oxygen atoms in total. The lowest BCUT2D eigenvalue weighted by molar-refractivity contribution is 0.0693. The van der Waals surface area contributed by atoms with Crippen LogP contribution in [0.3, 0.4) is 0 Å². The van der Waals surface area contributed by atoms with Crippen LogP contribution in [-0.2, 0) is 21.0 Å². The largest absolute Gasteiger partial charge is 0.420 e. The average molecular weight is 901 g/mol. The zero-order chi connectivity index (χ0) is 48.0. The van der Waals surface area contributed by atoms with E-state index in [1.54, 1.807) is 12.1 Å². The van der Waals surface area contributed by atoms with Crippen molar-refractivity contribution in [2.24, 2.45) is 9.98 Å². The highest BCUT2D eigenvalue weighted by atomic mass is 16.5. The van der Waals surface area contributed by atoms with Crippen molar-refractivity contribution in [1.82, 2.24) is 9.97 Å². The second-order valence-electron chi connectivity index (χ2n) is 21.6. The number of aromatic amines is 2. The first-order chi connectivity index (χ1) is 33.0. The second kappa shape index (κ2) is 16.2. The Kier molecular flexibility index (Phi) is 10.2. The summed E-state index contributed by atoms with van der Waals surface area (Å²) in [6.07, 6.45) is 4.27. The predicted octanol–water partition coefficient (Wildman–Crippen LogP) is 13.6. The van der Waals surface area contributed by atoms with Gasteiger partial charge in [-0.2, -0.15) is 0 Å². The SMILES string of the molecule is CC(C)(C)c1ccc(C2=C3C=CC(=N3)C(c3ccc(C(C)(C)C)cc3)=c3ccc([nH]3)=c3c4c(c(-c5ccccc5)c5cc(C(C)(C)C)ccc35)C(OC(=O)c3ccccc3)=C(N=4)c3ccc2[nH]3)cc1. The molecule has 8 aromatic rings. The highest BCUT2D eigenvalue weighted by molar-refractivity contribution is 6.30. The minimum Gasteiger partial charge on any atom is -0.420 e. The summed E-state index contributed by atoms with van der Waals surface area (Å²) < 4.78 is 6.78. The third kappa shape index (κ3) is 7.74. The van der Waals surface area contributed by atoms with Gasteiger partial charge in [-0.05, 0) is 115 Å². The van der Waals surface area contributed by atoms with Crippen LogP contribution < -0.4 is 10.7 Å². The molecule has 8 bridgehead atoms. The molecular formula is C63H56N4O2. The van der Waals surface area contributed by atoms with Gasteiger partial charge in [0.25, 0.3) is 0 Å². The van der Waals surface area contributed by atoms with Gasteiger partial charge in [-0.15, -0.1) is 0 Å². The van der Waals surface area contributed by atoms with Crippen molar-refractivity contribution in [2.45, 2.75) is 78.6 Å². The number of rotatable bonds is 5. The lowest BCUT2D eigenvalue weighted by atomic mass is 9.83. The molecule has 0 amide bonds. The van der Waals surface area contributed by atoms with Crippen molar-refractivity contribution in [3.05, 3.63) is 241 Å². The summed E-state index contributed by atoms with van der Waals surface area (Å²) in [4.78, 5) is 33.4. The van der Waals surface area contributed by atoms with Gasteiger partial charge in [0.1, 0.15) is 5.70 Å². The monoisotopic (exact) mass is 900 g/mol. The van der Waals surface area contributed by atoms with Crippen LogP contribution in [0.2, 0.25) is 0 Å². The fourth-order valence-corrected chi connectivity index (χ4v) is 9.90. The Morgan fingerprint density at radius 2 is 1.07 bits per heavy atom. The number of H-pyrrole nitrogens is 2. The molecule has 6 aromatic carbocycles. The zero-order valence-corrected chi connectivity index (χ0v) is 40.8. The number of allylic oxidation sites excluding steroid dienone is 2. The number of ether oxygens (including phenoxy) is 1. The average Bonchev–Trinajstić information content (AvgIpc) is 4.17. The lowest BCUT2D eigenvalue weighted by Crippen LogP contribution is -2.17. The number of esters is 1. The number of hydrogen-bond acceptors (Lipinski definition) is 4. The van der Waals surface area contributed by atoms with Gasteiger partial charge in [0, 0.05) is 38.3 Å². The van der Waals surface area contributed by atoms with Crippen LogP contribution in [0.1, 0.15) is 117 Å². The Labute approximate surface area is 403 Å². The summed E-state index contributed by atoms with van der Waals surface area (Å²) in [6.45, 7) is 20.2. The molecule has 0 fully saturated rings. The van der Waals surface area contributed by atoms with Crippen LogP contribution in [0.4, 0.5) is 0 Å². The van der Waals surface area contributed by atoms with Crippen molar-refractivity contribution in [3.63, 3.8) is 0 Å². The van der Waals surface area contributed by atoms with Gasteiger partial charge < -0.3 is 14.7 Å². The number of hydrogen-bond donors (Lipinski definition) is 2. The summed E-state index contributed by atoms with van der Waals surface area (Å²) in [7, 11) is 0. The fraction of sp³-hybridized carbons (Fsp3) is 0.190. The number of aliphatic imine (C=N–C) groups is 1. The Bertz CT molecular complexity index is 3770. The normalized spacial score (nSPS) is 14.5. The first kappa shape index (κ1) is 43.7. The van der Waals surface area contributed by atoms with Crippen LogP contribution in [0.5, 0.6) is 0 Å². The molecule has 3 aliphatic rings. The molecular weight excluding hydrogens is 845 g/mol. The molecule has 5 heterocycles. The highest BCUT2D eigenvalue weighted by Gasteiger charge is 2.32. The minimum atomic E-state index is -0.463. The summed E-state index contributed by atoms with van der Waals surface area (Å²) in [6, 6.07) is 52.7. The number of carbonyl (C=O) groups excluding carboxylic acids is 1. The van der Waals surface area contributed by atoms with E-state index in [1.165, 1.54) is 16.7 Å². The molecule has 11 rings (SSSR count). The molecule has 2 aromatic heterocycles. The van der Waals surface area contributed by atoms with E-state index < -0.39 is 5.97 Å². The Balaban J connectivity index is 1.31. The van der Waals surface area contributed by atoms with Gasteiger partial charge in [-0.3, -0.25) is 0 Å². The quantitative estimate of drug-likeness (QED) is 0.169. The van der Waals surface area contributed by atoms with Crippen molar-refractivity contribution >= 4 is 45.1 Å². The number of nitrogens with one attached hydrogen (secondary N) is 2. The summed E-state index contributed by atoms with van der Waals surface area (Å²) in [5, 5.41) is 5.52. The van der Waals surface area contributed by atoms with E-state index in [2.05, 4.69) is 200 Å². The maximum absolute atomic E-state index is 14.5. The van der Waals surface area contributed by atoms with Crippen LogP contribution >= 0.6 is 0 Å². The number of nitrogens with zero attached hydrogens (tertiary/aromatic N) is 2. The van der Waals surface area contributed by atoms with Gasteiger partial charge in [-0.1, -0.05) is 172 Å². The van der Waals surface area contributed by atoms with E-state index >= 15 is 0 Å². The number of fused-ring (bicyclic) bond motifs is 9. The maximum atomic E-state index is 14.5. The van der Waals surface area contributed by atoms with Gasteiger partial charge in [0.05, 0.1) is 33.6 Å². The molecule has 0 saturated heterocycles. The van der Waals surface area contributed by atoms with Crippen molar-refractivity contribution in [2.75, 3.05) is 0 Å². The molecule has 0 aliphatic carbocycles. The fourth-order valence-electron chi connectivity index (χ4n) is 9.90. The standard InChI is InChI=1S/C63H56N4O2/c1-61(2,3)41-24-20-38(21-25-41)53-46-30-31-47(64-46)54(39-22-26-42(27-23-39)62(4,5)6)49-34-35-51(66-49)57-59(69-60(68)40-18-14-11-15-19-40)56-52(37-16-12-10-13-17-37)45-36-43(63(7,8)9)28-29-44(45)55(58(56)67-57)50-33-32-48(53)65-50/h10-36,65-66H,1-9H3. The molecule has 0 atom stereocenters. The zero-order valence-electron chi connectivity index (χ0n) is 40.8. The van der Waals surface area contributed by atoms with E-state index in [0.29, 0.717) is 22.7 Å². The molecule has 2 N–H and O–H groups in total. The van der Waals surface area contributed by atoms with Crippen molar-refractivity contribution in [1.29, 1.82) is 0 Å². The van der Waals surface area contributed by atoms with Crippen LogP contribution in [0.25, 0.3) is 44.5 Å². The van der Waals surface area contributed by atoms with Crippen LogP contribution in [0, 0.1) is 10.6 Å². The second-order valence-corrected chi connectivity index (χ2v) is 21.6. The van der Waals surface area contributed by atoms with Gasteiger partial charge in [-0.25, -0.2) is 14.8 Å². The molecule has 6 heteroatoms. The molecule has 0 radical (unpaired) electrons. The molecule has 69 heavy (non-hydrogen) atoms. The molecule has 0 saturated carbocycles. The van der Waals surface area contributed by atoms with E-state index in [-0.39, 0.29) is 16.2 Å². The number of carbonyl (C=O) groups is 1. The maximum Gasteiger partial charge on any atom is 0.343 e. The van der Waals surface area contributed by atoms with E-state index in [1.807, 2.05) is 24.3 Å². The van der Waals surface area contributed by atoms with E-state index in [4.69, 9.17) is 14.7 Å². The van der Waals surface area contributed by atoms with E-state index in [0.717, 1.165) is 88.1 Å². The van der Waals surface area contributed by atoms with Crippen molar-refractivity contribution in [3.8, 4) is 11.1 Å². The Morgan fingerprint density at radius 3 is 1.71 bits per heavy atom. The number of aromatic nitrogens is 2. The molecule has 340 valence electrons. The third-order valence-corrected chi connectivity index (χ3v) is 13.7. The molecule has 0 unspecified atom stereocenters. The van der Waals surface area contributed by atoms with Gasteiger partial charge in [0.2, 0.25) is 0 Å².